The summed E-state index contributed by atoms with van der Waals surface area (Å²) in [5, 5.41) is 10.3. The highest BCUT2D eigenvalue weighted by Crippen LogP contribution is 2.30. The first-order valence-corrected chi connectivity index (χ1v) is 4.66. The highest BCUT2D eigenvalue weighted by atomic mass is 16.3. The molecule has 0 fully saturated rings. The van der Waals surface area contributed by atoms with Crippen molar-refractivity contribution in [3.8, 4) is 0 Å². The third-order valence-corrected chi connectivity index (χ3v) is 2.52. The van der Waals surface area contributed by atoms with Crippen molar-refractivity contribution in [3.63, 3.8) is 0 Å². The molecule has 0 saturated heterocycles. The van der Waals surface area contributed by atoms with Gasteiger partial charge in [-0.3, -0.25) is 0 Å². The summed E-state index contributed by atoms with van der Waals surface area (Å²) >= 11 is 0. The highest BCUT2D eigenvalue weighted by Gasteiger charge is 2.29. The Kier molecular flexibility index (Phi) is 3.26. The van der Waals surface area contributed by atoms with Crippen LogP contribution in [0.3, 0.4) is 0 Å². The lowest BCUT2D eigenvalue weighted by Crippen LogP contribution is -2.29. The average molecular weight is 188 g/mol. The van der Waals surface area contributed by atoms with E-state index in [1.807, 2.05) is 30.3 Å². The number of benzene rings is 1. The van der Waals surface area contributed by atoms with Crippen LogP contribution in [0.25, 0.3) is 0 Å². The SMILES string of the molecule is C=CC(C=C)C(C)(O)c1ccccc1. The van der Waals surface area contributed by atoms with Crippen LogP contribution in [-0.4, -0.2) is 5.11 Å². The molecule has 1 nitrogen and oxygen atoms in total. The second kappa shape index (κ2) is 4.25. The normalized spacial score (nSPS) is 14.8. The van der Waals surface area contributed by atoms with Crippen LogP contribution in [0, 0.1) is 5.92 Å². The van der Waals surface area contributed by atoms with Gasteiger partial charge < -0.3 is 5.11 Å². The van der Waals surface area contributed by atoms with Crippen molar-refractivity contribution >= 4 is 0 Å². The van der Waals surface area contributed by atoms with Gasteiger partial charge in [0.2, 0.25) is 0 Å². The van der Waals surface area contributed by atoms with Crippen molar-refractivity contribution in [1.29, 1.82) is 0 Å². The Labute approximate surface area is 85.4 Å². The van der Waals surface area contributed by atoms with Crippen LogP contribution in [0.4, 0.5) is 0 Å². The molecule has 74 valence electrons. The van der Waals surface area contributed by atoms with Crippen LogP contribution in [0.5, 0.6) is 0 Å². The van der Waals surface area contributed by atoms with E-state index < -0.39 is 5.60 Å². The molecule has 14 heavy (non-hydrogen) atoms. The second-order valence-electron chi connectivity index (χ2n) is 3.51. The van der Waals surface area contributed by atoms with E-state index >= 15 is 0 Å². The van der Waals surface area contributed by atoms with Gasteiger partial charge in [0.05, 0.1) is 5.60 Å². The monoisotopic (exact) mass is 188 g/mol. The zero-order valence-electron chi connectivity index (χ0n) is 8.48. The molecule has 1 aromatic carbocycles. The van der Waals surface area contributed by atoms with Gasteiger partial charge in [-0.2, -0.15) is 0 Å². The topological polar surface area (TPSA) is 20.2 Å². The Hall–Kier alpha value is -1.34. The Morgan fingerprint density at radius 2 is 1.71 bits per heavy atom. The minimum Gasteiger partial charge on any atom is -0.385 e. The summed E-state index contributed by atoms with van der Waals surface area (Å²) < 4.78 is 0. The zero-order chi connectivity index (χ0) is 10.6. The maximum atomic E-state index is 10.3. The lowest BCUT2D eigenvalue weighted by atomic mass is 9.83. The third kappa shape index (κ3) is 1.94. The van der Waals surface area contributed by atoms with Gasteiger partial charge in [-0.1, -0.05) is 42.5 Å². The van der Waals surface area contributed by atoms with Crippen molar-refractivity contribution in [2.45, 2.75) is 12.5 Å². The molecule has 0 aliphatic carbocycles. The fraction of sp³-hybridized carbons (Fsp3) is 0.231. The average Bonchev–Trinajstić information content (AvgIpc) is 2.20. The van der Waals surface area contributed by atoms with E-state index in [2.05, 4.69) is 13.2 Å². The summed E-state index contributed by atoms with van der Waals surface area (Å²) in [4.78, 5) is 0. The molecule has 0 amide bonds. The molecule has 1 aromatic rings. The predicted octanol–water partition coefficient (Wildman–Crippen LogP) is 2.88. The number of rotatable bonds is 4. The van der Waals surface area contributed by atoms with E-state index in [9.17, 15) is 5.11 Å². The van der Waals surface area contributed by atoms with Crippen molar-refractivity contribution in [2.24, 2.45) is 5.92 Å². The molecule has 1 unspecified atom stereocenters. The molecule has 0 aliphatic heterocycles. The van der Waals surface area contributed by atoms with Crippen molar-refractivity contribution in [1.82, 2.24) is 0 Å². The lowest BCUT2D eigenvalue weighted by Gasteiger charge is -2.29. The minimum absolute atomic E-state index is 0.134. The van der Waals surface area contributed by atoms with E-state index in [-0.39, 0.29) is 5.92 Å². The molecule has 0 aromatic heterocycles. The van der Waals surface area contributed by atoms with E-state index in [0.29, 0.717) is 0 Å². The van der Waals surface area contributed by atoms with Crippen LogP contribution >= 0.6 is 0 Å². The fourth-order valence-corrected chi connectivity index (χ4v) is 1.52. The van der Waals surface area contributed by atoms with Crippen LogP contribution in [0.1, 0.15) is 12.5 Å². The third-order valence-electron chi connectivity index (χ3n) is 2.52. The van der Waals surface area contributed by atoms with Gasteiger partial charge in [0.15, 0.2) is 0 Å². The lowest BCUT2D eigenvalue weighted by molar-refractivity contribution is 0.0310. The molecule has 1 rings (SSSR count). The minimum atomic E-state index is -0.926. The summed E-state index contributed by atoms with van der Waals surface area (Å²) in [5.74, 6) is -0.134. The number of hydrogen-bond donors (Lipinski definition) is 1. The molecule has 0 bridgehead atoms. The summed E-state index contributed by atoms with van der Waals surface area (Å²) in [6.45, 7) is 9.16. The van der Waals surface area contributed by atoms with Crippen LogP contribution in [0.2, 0.25) is 0 Å². The Bertz CT molecular complexity index is 303. The fourth-order valence-electron chi connectivity index (χ4n) is 1.52. The molecular weight excluding hydrogens is 172 g/mol. The van der Waals surface area contributed by atoms with E-state index in [4.69, 9.17) is 0 Å². The Morgan fingerprint density at radius 1 is 1.21 bits per heavy atom. The van der Waals surface area contributed by atoms with Gasteiger partial charge in [-0.05, 0) is 12.5 Å². The first-order valence-electron chi connectivity index (χ1n) is 4.66. The number of hydrogen-bond acceptors (Lipinski definition) is 1. The zero-order valence-corrected chi connectivity index (χ0v) is 8.48. The van der Waals surface area contributed by atoms with Crippen LogP contribution < -0.4 is 0 Å². The quantitative estimate of drug-likeness (QED) is 0.720. The van der Waals surface area contributed by atoms with E-state index in [0.717, 1.165) is 5.56 Å². The molecule has 1 heteroatoms. The summed E-state index contributed by atoms with van der Waals surface area (Å²) in [6, 6.07) is 9.55. The van der Waals surface area contributed by atoms with Crippen molar-refractivity contribution in [2.75, 3.05) is 0 Å². The first kappa shape index (κ1) is 10.7. The molecule has 0 spiro atoms. The van der Waals surface area contributed by atoms with E-state index in [1.54, 1.807) is 19.1 Å². The molecular formula is C13H16O. The molecule has 0 radical (unpaired) electrons. The van der Waals surface area contributed by atoms with Gasteiger partial charge in [0.25, 0.3) is 0 Å². The standard InChI is InChI=1S/C13H16O/c1-4-11(5-2)13(3,14)12-9-7-6-8-10-12/h4-11,14H,1-2H2,3H3. The van der Waals surface area contributed by atoms with E-state index in [1.165, 1.54) is 0 Å². The van der Waals surface area contributed by atoms with Crippen molar-refractivity contribution < 1.29 is 5.11 Å². The van der Waals surface area contributed by atoms with Gasteiger partial charge in [-0.25, -0.2) is 0 Å². The summed E-state index contributed by atoms with van der Waals surface area (Å²) in [5.41, 5.74) is -0.0464. The van der Waals surface area contributed by atoms with Crippen molar-refractivity contribution in [3.05, 3.63) is 61.2 Å². The van der Waals surface area contributed by atoms with Gasteiger partial charge >= 0.3 is 0 Å². The van der Waals surface area contributed by atoms with Gasteiger partial charge in [0, 0.05) is 5.92 Å². The Morgan fingerprint density at radius 3 is 2.14 bits per heavy atom. The first-order chi connectivity index (χ1) is 6.62. The maximum absolute atomic E-state index is 10.3. The van der Waals surface area contributed by atoms with Crippen LogP contribution in [-0.2, 0) is 5.60 Å². The molecule has 1 atom stereocenters. The predicted molar refractivity (Wildman–Crippen MR) is 59.9 cm³/mol. The summed E-state index contributed by atoms with van der Waals surface area (Å²) in [6.07, 6.45) is 3.42. The smallest absolute Gasteiger partial charge is 0.0965 e. The summed E-state index contributed by atoms with van der Waals surface area (Å²) in [7, 11) is 0. The number of aliphatic hydroxyl groups is 1. The highest BCUT2D eigenvalue weighted by molar-refractivity contribution is 5.25. The Balaban J connectivity index is 3.06. The molecule has 0 heterocycles. The maximum Gasteiger partial charge on any atom is 0.0965 e. The van der Waals surface area contributed by atoms with Gasteiger partial charge in [-0.15, -0.1) is 13.2 Å². The van der Waals surface area contributed by atoms with Gasteiger partial charge in [0.1, 0.15) is 0 Å². The molecule has 1 N–H and O–H groups in total. The molecule has 0 aliphatic rings. The van der Waals surface area contributed by atoms with Crippen LogP contribution in [0.15, 0.2) is 55.6 Å². The molecule has 0 saturated carbocycles. The second-order valence-corrected chi connectivity index (χ2v) is 3.51. The largest absolute Gasteiger partial charge is 0.385 e.